The van der Waals surface area contributed by atoms with Gasteiger partial charge in [-0.1, -0.05) is 18.2 Å². The van der Waals surface area contributed by atoms with Crippen LogP contribution in [0, 0.1) is 0 Å². The van der Waals surface area contributed by atoms with Crippen LogP contribution in [-0.2, 0) is 12.6 Å². The molecule has 2 aliphatic rings. The van der Waals surface area contributed by atoms with Crippen molar-refractivity contribution in [2.75, 3.05) is 5.32 Å². The summed E-state index contributed by atoms with van der Waals surface area (Å²) in [6, 6.07) is 7.63. The third-order valence-electron chi connectivity index (χ3n) is 5.60. The van der Waals surface area contributed by atoms with Crippen molar-refractivity contribution in [1.29, 1.82) is 0 Å². The Balaban J connectivity index is 0.00000150. The van der Waals surface area contributed by atoms with E-state index in [0.29, 0.717) is 24.1 Å². The number of halogens is 4. The number of alkyl halides is 2. The van der Waals surface area contributed by atoms with E-state index in [0.717, 1.165) is 18.4 Å². The van der Waals surface area contributed by atoms with Gasteiger partial charge in [0, 0.05) is 43.2 Å². The Labute approximate surface area is 181 Å². The van der Waals surface area contributed by atoms with Gasteiger partial charge < -0.3 is 10.6 Å². The number of hydrogen-bond donors (Lipinski definition) is 2. The lowest BCUT2D eigenvalue weighted by molar-refractivity contribution is -0.0416. The molecule has 0 unspecified atom stereocenters. The topological polar surface area (TPSA) is 59.0 Å². The summed E-state index contributed by atoms with van der Waals surface area (Å²) in [5.74, 6) is -2.71. The summed E-state index contributed by atoms with van der Waals surface area (Å²) in [6.07, 6.45) is 5.99. The lowest BCUT2D eigenvalue weighted by atomic mass is 9.89. The molecule has 0 bridgehead atoms. The van der Waals surface area contributed by atoms with E-state index in [1.807, 2.05) is 24.3 Å². The molecule has 2 aromatic rings. The average molecular weight is 447 g/mol. The molecule has 2 N–H and O–H groups in total. The van der Waals surface area contributed by atoms with Gasteiger partial charge in [-0.3, -0.25) is 9.48 Å². The summed E-state index contributed by atoms with van der Waals surface area (Å²) in [4.78, 5) is 12.8. The Morgan fingerprint density at radius 2 is 1.79 bits per heavy atom. The van der Waals surface area contributed by atoms with Crippen molar-refractivity contribution in [3.05, 3.63) is 47.8 Å². The molecule has 2 saturated carbocycles. The van der Waals surface area contributed by atoms with Crippen LogP contribution in [0.4, 0.5) is 14.5 Å². The van der Waals surface area contributed by atoms with Gasteiger partial charge >= 0.3 is 0 Å². The van der Waals surface area contributed by atoms with E-state index < -0.39 is 5.92 Å². The number of anilines is 1. The summed E-state index contributed by atoms with van der Waals surface area (Å²) in [6.45, 7) is 0. The van der Waals surface area contributed by atoms with Gasteiger partial charge in [0.15, 0.2) is 0 Å². The molecule has 0 saturated heterocycles. The van der Waals surface area contributed by atoms with Gasteiger partial charge in [0.2, 0.25) is 5.92 Å². The van der Waals surface area contributed by atoms with E-state index in [2.05, 4.69) is 15.7 Å². The summed E-state index contributed by atoms with van der Waals surface area (Å²) in [7, 11) is 1.79. The van der Waals surface area contributed by atoms with Gasteiger partial charge in [0.1, 0.15) is 0 Å². The highest BCUT2D eigenvalue weighted by molar-refractivity contribution is 6.05. The lowest BCUT2D eigenvalue weighted by Crippen LogP contribution is -2.43. The van der Waals surface area contributed by atoms with Crippen LogP contribution in [0.3, 0.4) is 0 Å². The molecule has 1 aromatic heterocycles. The van der Waals surface area contributed by atoms with Crippen LogP contribution in [0.5, 0.6) is 0 Å². The highest BCUT2D eigenvalue weighted by Gasteiger charge is 2.48. The summed E-state index contributed by atoms with van der Waals surface area (Å²) >= 11 is 0. The number of amides is 1. The predicted octanol–water partition coefficient (Wildman–Crippen LogP) is 4.67. The third kappa shape index (κ3) is 5.27. The van der Waals surface area contributed by atoms with Gasteiger partial charge in [-0.25, -0.2) is 8.78 Å². The Kier molecular flexibility index (Phi) is 7.30. The Hall–Kier alpha value is -1.70. The first-order valence-corrected chi connectivity index (χ1v) is 9.42. The molecule has 2 aliphatic carbocycles. The first-order valence-electron chi connectivity index (χ1n) is 9.42. The zero-order valence-electron chi connectivity index (χ0n) is 16.2. The standard InChI is InChI=1S/C20H24F2N4O.2ClH/c1-26-13-15(12-23-26)24-18(27)16-4-2-3-5-17(16)19(10-11-19)25-14-6-8-20(21,22)9-7-14;;/h2-5,12-14,25H,6-11H2,1H3,(H,24,27);2*1H. The molecule has 29 heavy (non-hydrogen) atoms. The van der Waals surface area contributed by atoms with E-state index in [9.17, 15) is 13.6 Å². The van der Waals surface area contributed by atoms with Gasteiger partial charge in [0.05, 0.1) is 11.9 Å². The normalized spacial score (nSPS) is 19.6. The van der Waals surface area contributed by atoms with Crippen LogP contribution >= 0.6 is 24.8 Å². The van der Waals surface area contributed by atoms with E-state index >= 15 is 0 Å². The maximum absolute atomic E-state index is 13.4. The zero-order valence-corrected chi connectivity index (χ0v) is 17.8. The summed E-state index contributed by atoms with van der Waals surface area (Å²) < 4.78 is 28.5. The van der Waals surface area contributed by atoms with Crippen LogP contribution in [-0.4, -0.2) is 27.7 Å². The molecule has 0 atom stereocenters. The van der Waals surface area contributed by atoms with Crippen molar-refractivity contribution < 1.29 is 13.6 Å². The molecular formula is C20H26Cl2F2N4O. The van der Waals surface area contributed by atoms with E-state index in [4.69, 9.17) is 0 Å². The first-order chi connectivity index (χ1) is 12.9. The second-order valence-corrected chi connectivity index (χ2v) is 7.76. The predicted molar refractivity (Wildman–Crippen MR) is 113 cm³/mol. The molecule has 4 rings (SSSR count). The SMILES string of the molecule is Cl.Cl.Cn1cc(NC(=O)c2ccccc2C2(NC3CCC(F)(F)CC3)CC2)cn1. The summed E-state index contributed by atoms with van der Waals surface area (Å²) in [5.41, 5.74) is 1.93. The second kappa shape index (κ2) is 8.98. The van der Waals surface area contributed by atoms with Crippen molar-refractivity contribution in [2.45, 2.75) is 56.0 Å². The lowest BCUT2D eigenvalue weighted by Gasteiger charge is -2.33. The molecule has 1 aromatic carbocycles. The van der Waals surface area contributed by atoms with Crippen LogP contribution in [0.2, 0.25) is 0 Å². The number of carbonyl (C=O) groups is 1. The molecule has 1 heterocycles. The highest BCUT2D eigenvalue weighted by Crippen LogP contribution is 2.48. The number of aromatic nitrogens is 2. The fourth-order valence-electron chi connectivity index (χ4n) is 3.97. The fourth-order valence-corrected chi connectivity index (χ4v) is 3.97. The van der Waals surface area contributed by atoms with Crippen molar-refractivity contribution in [1.82, 2.24) is 15.1 Å². The van der Waals surface area contributed by atoms with Gasteiger partial charge in [0.25, 0.3) is 5.91 Å². The summed E-state index contributed by atoms with van der Waals surface area (Å²) in [5, 5.41) is 10.5. The second-order valence-electron chi connectivity index (χ2n) is 7.76. The number of carbonyl (C=O) groups excluding carboxylic acids is 1. The molecule has 5 nitrogen and oxygen atoms in total. The molecule has 1 amide bonds. The van der Waals surface area contributed by atoms with Crippen LogP contribution in [0.25, 0.3) is 0 Å². The number of nitrogens with one attached hydrogen (secondary N) is 2. The minimum Gasteiger partial charge on any atom is -0.319 e. The van der Waals surface area contributed by atoms with Crippen molar-refractivity contribution in [2.24, 2.45) is 7.05 Å². The van der Waals surface area contributed by atoms with Crippen molar-refractivity contribution >= 4 is 36.4 Å². The van der Waals surface area contributed by atoms with Crippen LogP contribution < -0.4 is 10.6 Å². The Morgan fingerprint density at radius 1 is 1.14 bits per heavy atom. The molecule has 0 aliphatic heterocycles. The van der Waals surface area contributed by atoms with Gasteiger partial charge in [-0.2, -0.15) is 5.10 Å². The Bertz CT molecular complexity index is 845. The van der Waals surface area contributed by atoms with Crippen LogP contribution in [0.1, 0.15) is 54.4 Å². The third-order valence-corrected chi connectivity index (χ3v) is 5.60. The Morgan fingerprint density at radius 3 is 2.38 bits per heavy atom. The largest absolute Gasteiger partial charge is 0.319 e. The first kappa shape index (κ1) is 23.6. The van der Waals surface area contributed by atoms with Crippen LogP contribution in [0.15, 0.2) is 36.7 Å². The number of rotatable bonds is 5. The van der Waals surface area contributed by atoms with E-state index in [-0.39, 0.29) is 55.1 Å². The van der Waals surface area contributed by atoms with E-state index in [1.54, 1.807) is 24.1 Å². The van der Waals surface area contributed by atoms with Crippen molar-refractivity contribution in [3.8, 4) is 0 Å². The van der Waals surface area contributed by atoms with E-state index in [1.165, 1.54) is 0 Å². The monoisotopic (exact) mass is 446 g/mol. The highest BCUT2D eigenvalue weighted by atomic mass is 35.5. The number of benzene rings is 1. The van der Waals surface area contributed by atoms with Gasteiger partial charge in [-0.15, -0.1) is 24.8 Å². The fraction of sp³-hybridized carbons (Fsp3) is 0.500. The molecular weight excluding hydrogens is 421 g/mol. The smallest absolute Gasteiger partial charge is 0.256 e. The van der Waals surface area contributed by atoms with Crippen molar-refractivity contribution in [3.63, 3.8) is 0 Å². The molecule has 2 fully saturated rings. The maximum Gasteiger partial charge on any atom is 0.256 e. The zero-order chi connectivity index (χ0) is 19.1. The number of nitrogens with zero attached hydrogens (tertiary/aromatic N) is 2. The number of hydrogen-bond acceptors (Lipinski definition) is 3. The minimum absolute atomic E-state index is 0. The minimum atomic E-state index is -2.53. The number of aryl methyl sites for hydroxylation is 1. The molecule has 9 heteroatoms. The average Bonchev–Trinajstić information content (AvgIpc) is 3.31. The maximum atomic E-state index is 13.4. The molecule has 0 radical (unpaired) electrons. The molecule has 0 spiro atoms. The quantitative estimate of drug-likeness (QED) is 0.701. The molecule has 160 valence electrons. The van der Waals surface area contributed by atoms with Gasteiger partial charge in [-0.05, 0) is 37.3 Å².